The smallest absolute Gasteiger partial charge is 0.0649 e. The van der Waals surface area contributed by atoms with Crippen molar-refractivity contribution >= 4 is 15.9 Å². The van der Waals surface area contributed by atoms with Gasteiger partial charge in [-0.1, -0.05) is 78.7 Å². The molecule has 0 aliphatic rings. The molecule has 0 amide bonds. The summed E-state index contributed by atoms with van der Waals surface area (Å²) in [5, 5.41) is 0. The van der Waals surface area contributed by atoms with Gasteiger partial charge in [-0.15, -0.1) is 0 Å². The van der Waals surface area contributed by atoms with E-state index in [0.29, 0.717) is 0 Å². The fourth-order valence-electron chi connectivity index (χ4n) is 2.91. The average molecular weight is 345 g/mol. The summed E-state index contributed by atoms with van der Waals surface area (Å²) in [5.41, 5.74) is 8.33. The van der Waals surface area contributed by atoms with Crippen LogP contribution < -0.4 is 0 Å². The summed E-state index contributed by atoms with van der Waals surface area (Å²) in [4.78, 5) is 0.257. The molecule has 1 unspecified atom stereocenters. The van der Waals surface area contributed by atoms with Gasteiger partial charge in [0.1, 0.15) is 0 Å². The van der Waals surface area contributed by atoms with E-state index in [-0.39, 0.29) is 10.2 Å². The minimum Gasteiger partial charge on any atom is -0.0786 e. The zero-order chi connectivity index (χ0) is 15.8. The molecule has 1 atom stereocenters. The Bertz CT molecular complexity index is 607. The minimum atomic E-state index is 0.204. The molecule has 0 aliphatic carbocycles. The zero-order valence-electron chi connectivity index (χ0n) is 13.9. The van der Waals surface area contributed by atoms with Crippen molar-refractivity contribution in [2.75, 3.05) is 0 Å². The van der Waals surface area contributed by atoms with E-state index >= 15 is 0 Å². The fourth-order valence-corrected chi connectivity index (χ4v) is 3.94. The normalized spacial score (nSPS) is 13.3. The molecule has 0 aliphatic heterocycles. The highest BCUT2D eigenvalue weighted by Gasteiger charge is 2.18. The van der Waals surface area contributed by atoms with Crippen LogP contribution in [0.5, 0.6) is 0 Å². The lowest BCUT2D eigenvalue weighted by Crippen LogP contribution is -2.11. The maximum atomic E-state index is 3.90. The lowest BCUT2D eigenvalue weighted by Gasteiger charge is -2.21. The molecule has 0 radical (unpaired) electrons. The van der Waals surface area contributed by atoms with Gasteiger partial charge in [0, 0.05) is 0 Å². The Balaban J connectivity index is 2.39. The minimum absolute atomic E-state index is 0.204. The highest BCUT2D eigenvalue weighted by molar-refractivity contribution is 9.09. The molecule has 2 rings (SSSR count). The van der Waals surface area contributed by atoms with Gasteiger partial charge in [0.05, 0.1) is 4.83 Å². The maximum Gasteiger partial charge on any atom is 0.0649 e. The van der Waals surface area contributed by atoms with Crippen LogP contribution in [0.15, 0.2) is 36.4 Å². The fraction of sp³-hybridized carbons (Fsp3) is 0.400. The van der Waals surface area contributed by atoms with Crippen LogP contribution in [0.2, 0.25) is 0 Å². The van der Waals surface area contributed by atoms with Gasteiger partial charge in [0.2, 0.25) is 0 Å². The van der Waals surface area contributed by atoms with E-state index < -0.39 is 0 Å². The Morgan fingerprint density at radius 1 is 0.857 bits per heavy atom. The molecule has 1 heteroatoms. The Labute approximate surface area is 137 Å². The first-order valence-corrected chi connectivity index (χ1v) is 8.44. The van der Waals surface area contributed by atoms with Gasteiger partial charge >= 0.3 is 0 Å². The quantitative estimate of drug-likeness (QED) is 0.553. The second kappa shape index (κ2) is 5.96. The molecule has 0 aromatic heterocycles. The van der Waals surface area contributed by atoms with Crippen LogP contribution in [0.4, 0.5) is 0 Å². The summed E-state index contributed by atoms with van der Waals surface area (Å²) >= 11 is 3.90. The molecular formula is C20H25Br. The first kappa shape index (κ1) is 16.3. The molecular weight excluding hydrogens is 320 g/mol. The van der Waals surface area contributed by atoms with Gasteiger partial charge in [-0.25, -0.2) is 0 Å². The summed E-state index contributed by atoms with van der Waals surface area (Å²) in [6.07, 6.45) is 0. The first-order valence-electron chi connectivity index (χ1n) is 7.52. The summed E-state index contributed by atoms with van der Waals surface area (Å²) in [7, 11) is 0. The van der Waals surface area contributed by atoms with Crippen LogP contribution in [0.1, 0.15) is 59.0 Å². The molecule has 0 N–H and O–H groups in total. The lowest BCUT2D eigenvalue weighted by molar-refractivity contribution is 0.590. The van der Waals surface area contributed by atoms with Crippen LogP contribution >= 0.6 is 15.9 Å². The Kier molecular flexibility index (Phi) is 4.63. The molecule has 112 valence electrons. The van der Waals surface area contributed by atoms with Crippen LogP contribution in [0.25, 0.3) is 0 Å². The van der Waals surface area contributed by atoms with E-state index in [1.165, 1.54) is 33.4 Å². The molecule has 0 saturated carbocycles. The molecule has 0 saturated heterocycles. The van der Waals surface area contributed by atoms with Crippen LogP contribution in [-0.2, 0) is 5.41 Å². The van der Waals surface area contributed by atoms with E-state index in [9.17, 15) is 0 Å². The van der Waals surface area contributed by atoms with Crippen LogP contribution in [0, 0.1) is 20.8 Å². The average Bonchev–Trinajstić information content (AvgIpc) is 2.36. The van der Waals surface area contributed by atoms with Crippen molar-refractivity contribution in [3.63, 3.8) is 0 Å². The summed E-state index contributed by atoms with van der Waals surface area (Å²) in [5.74, 6) is 0. The second-order valence-corrected chi connectivity index (χ2v) is 7.96. The second-order valence-electron chi connectivity index (χ2n) is 7.05. The van der Waals surface area contributed by atoms with E-state index in [4.69, 9.17) is 0 Å². The van der Waals surface area contributed by atoms with Gasteiger partial charge in [0.25, 0.3) is 0 Å². The third-order valence-electron chi connectivity index (χ3n) is 4.06. The maximum absolute atomic E-state index is 3.90. The molecule has 21 heavy (non-hydrogen) atoms. The zero-order valence-corrected chi connectivity index (χ0v) is 15.5. The van der Waals surface area contributed by atoms with Gasteiger partial charge in [-0.2, -0.15) is 0 Å². The van der Waals surface area contributed by atoms with Gasteiger partial charge in [0.15, 0.2) is 0 Å². The first-order chi connectivity index (χ1) is 9.70. The van der Waals surface area contributed by atoms with Crippen molar-refractivity contribution in [2.45, 2.75) is 51.8 Å². The Hall–Kier alpha value is -1.08. The molecule has 2 aromatic carbocycles. The van der Waals surface area contributed by atoms with Gasteiger partial charge in [-0.05, 0) is 54.0 Å². The predicted octanol–water partition coefficient (Wildman–Crippen LogP) is 6.39. The SMILES string of the molecule is Cc1cc(C)c(C(Br)c2ccc(C(C)(C)C)cc2)c(C)c1. The topological polar surface area (TPSA) is 0 Å². The Morgan fingerprint density at radius 2 is 1.33 bits per heavy atom. The molecule has 0 bridgehead atoms. The number of rotatable bonds is 2. The van der Waals surface area contributed by atoms with E-state index in [2.05, 4.69) is 93.9 Å². The summed E-state index contributed by atoms with van der Waals surface area (Å²) in [6.45, 7) is 13.3. The molecule has 0 spiro atoms. The highest BCUT2D eigenvalue weighted by atomic mass is 79.9. The van der Waals surface area contributed by atoms with E-state index in [0.717, 1.165) is 0 Å². The van der Waals surface area contributed by atoms with E-state index in [1.807, 2.05) is 0 Å². The Morgan fingerprint density at radius 3 is 1.76 bits per heavy atom. The molecule has 0 heterocycles. The largest absolute Gasteiger partial charge is 0.0786 e. The predicted molar refractivity (Wildman–Crippen MR) is 96.6 cm³/mol. The monoisotopic (exact) mass is 344 g/mol. The van der Waals surface area contributed by atoms with Crippen LogP contribution in [0.3, 0.4) is 0 Å². The molecule has 2 aromatic rings. The molecule has 0 fully saturated rings. The lowest BCUT2D eigenvalue weighted by atomic mass is 9.86. The third kappa shape index (κ3) is 3.58. The third-order valence-corrected chi connectivity index (χ3v) is 5.05. The van der Waals surface area contributed by atoms with Crippen molar-refractivity contribution in [3.8, 4) is 0 Å². The van der Waals surface area contributed by atoms with Crippen molar-refractivity contribution in [1.29, 1.82) is 0 Å². The number of alkyl halides is 1. The number of benzene rings is 2. The van der Waals surface area contributed by atoms with Crippen molar-refractivity contribution < 1.29 is 0 Å². The number of aryl methyl sites for hydroxylation is 3. The highest BCUT2D eigenvalue weighted by Crippen LogP contribution is 2.36. The van der Waals surface area contributed by atoms with Gasteiger partial charge in [-0.3, -0.25) is 0 Å². The van der Waals surface area contributed by atoms with Crippen molar-refractivity contribution in [1.82, 2.24) is 0 Å². The van der Waals surface area contributed by atoms with E-state index in [1.54, 1.807) is 0 Å². The van der Waals surface area contributed by atoms with Crippen LogP contribution in [-0.4, -0.2) is 0 Å². The van der Waals surface area contributed by atoms with Gasteiger partial charge < -0.3 is 0 Å². The molecule has 0 nitrogen and oxygen atoms in total. The standard InChI is InChI=1S/C20H25Br/c1-13-11-14(2)18(15(3)12-13)19(21)16-7-9-17(10-8-16)20(4,5)6/h7-12,19H,1-6H3. The number of hydrogen-bond donors (Lipinski definition) is 0. The van der Waals surface area contributed by atoms with Crippen molar-refractivity contribution in [2.24, 2.45) is 0 Å². The summed E-state index contributed by atoms with van der Waals surface area (Å²) in [6, 6.07) is 13.5. The number of halogens is 1. The van der Waals surface area contributed by atoms with Crippen molar-refractivity contribution in [3.05, 3.63) is 69.8 Å². The summed E-state index contributed by atoms with van der Waals surface area (Å²) < 4.78 is 0. The number of hydrogen-bond acceptors (Lipinski definition) is 0.